The highest BCUT2D eigenvalue weighted by Gasteiger charge is 2.12. The monoisotopic (exact) mass is 544 g/mol. The van der Waals surface area contributed by atoms with E-state index in [0.717, 1.165) is 17.5 Å². The smallest absolute Gasteiger partial charge is 0.276 e. The van der Waals surface area contributed by atoms with Gasteiger partial charge in [-0.3, -0.25) is 20.4 Å². The largest absolute Gasteiger partial charge is 0.492 e. The Morgan fingerprint density at radius 2 is 1.42 bits per heavy atom. The van der Waals surface area contributed by atoms with Crippen molar-refractivity contribution in [2.24, 2.45) is 0 Å². The van der Waals surface area contributed by atoms with E-state index in [4.69, 9.17) is 9.47 Å². The van der Waals surface area contributed by atoms with Gasteiger partial charge in [0.1, 0.15) is 11.5 Å². The van der Waals surface area contributed by atoms with Gasteiger partial charge in [0.15, 0.2) is 6.61 Å². The lowest BCUT2D eigenvalue weighted by molar-refractivity contribution is -0.123. The second-order valence-corrected chi connectivity index (χ2v) is 8.74. The zero-order valence-corrected chi connectivity index (χ0v) is 21.0. The first kappa shape index (κ1) is 25.0. The Morgan fingerprint density at radius 3 is 2.17 bits per heavy atom. The number of halogens is 1. The molecular formula is C29H25BrN2O4. The summed E-state index contributed by atoms with van der Waals surface area (Å²) in [6, 6.07) is 32.3. The first-order chi connectivity index (χ1) is 17.6. The van der Waals surface area contributed by atoms with Gasteiger partial charge < -0.3 is 9.47 Å². The molecule has 0 aliphatic carbocycles. The maximum atomic E-state index is 12.5. The highest BCUT2D eigenvalue weighted by Crippen LogP contribution is 2.29. The molecule has 6 nitrogen and oxygen atoms in total. The first-order valence-corrected chi connectivity index (χ1v) is 12.2. The molecule has 0 spiro atoms. The van der Waals surface area contributed by atoms with E-state index >= 15 is 0 Å². The molecule has 4 aromatic carbocycles. The summed E-state index contributed by atoms with van der Waals surface area (Å²) >= 11 is 3.45. The van der Waals surface area contributed by atoms with Crippen LogP contribution in [0.15, 0.2) is 108 Å². The molecule has 0 radical (unpaired) electrons. The molecule has 36 heavy (non-hydrogen) atoms. The van der Waals surface area contributed by atoms with Crippen molar-refractivity contribution in [3.8, 4) is 22.6 Å². The van der Waals surface area contributed by atoms with Crippen molar-refractivity contribution >= 4 is 27.7 Å². The van der Waals surface area contributed by atoms with Gasteiger partial charge in [0.05, 0.1) is 11.1 Å². The molecule has 0 aliphatic heterocycles. The molecule has 7 heteroatoms. The van der Waals surface area contributed by atoms with E-state index in [1.54, 1.807) is 24.3 Å². The molecular weight excluding hydrogens is 520 g/mol. The van der Waals surface area contributed by atoms with Crippen molar-refractivity contribution in [3.05, 3.63) is 119 Å². The summed E-state index contributed by atoms with van der Waals surface area (Å²) in [7, 11) is 0. The number of amides is 2. The number of benzene rings is 4. The van der Waals surface area contributed by atoms with Crippen molar-refractivity contribution in [2.45, 2.75) is 6.42 Å². The minimum Gasteiger partial charge on any atom is -0.492 e. The molecule has 0 unspecified atom stereocenters. The van der Waals surface area contributed by atoms with Crippen LogP contribution in [-0.2, 0) is 11.2 Å². The summed E-state index contributed by atoms with van der Waals surface area (Å²) in [5, 5.41) is 0. The van der Waals surface area contributed by atoms with Crippen LogP contribution in [0.5, 0.6) is 11.5 Å². The number of hydrogen-bond donors (Lipinski definition) is 2. The Kier molecular flexibility index (Phi) is 8.72. The molecule has 182 valence electrons. The van der Waals surface area contributed by atoms with Gasteiger partial charge in [-0.1, -0.05) is 78.9 Å². The molecule has 0 heterocycles. The molecule has 2 amide bonds. The lowest BCUT2D eigenvalue weighted by Gasteiger charge is -2.13. The fourth-order valence-corrected chi connectivity index (χ4v) is 4.00. The third-order valence-electron chi connectivity index (χ3n) is 5.33. The fourth-order valence-electron chi connectivity index (χ4n) is 3.51. The minimum absolute atomic E-state index is 0.248. The SMILES string of the molecule is O=C(COc1ccccc1-c1ccccc1)NNC(=O)c1ccc(OCCc2ccccc2)c(Br)c1. The quantitative estimate of drug-likeness (QED) is 0.270. The van der Waals surface area contributed by atoms with E-state index in [0.29, 0.717) is 28.1 Å². The van der Waals surface area contributed by atoms with Gasteiger partial charge >= 0.3 is 0 Å². The van der Waals surface area contributed by atoms with Crippen LogP contribution in [0.2, 0.25) is 0 Å². The summed E-state index contributed by atoms with van der Waals surface area (Å²) in [5.41, 5.74) is 8.22. The minimum atomic E-state index is -0.480. The number of carbonyl (C=O) groups excluding carboxylic acids is 2. The standard InChI is InChI=1S/C29H25BrN2O4/c30-25-19-23(15-16-27(25)35-18-17-21-9-3-1-4-10-21)29(34)32-31-28(33)20-36-26-14-8-7-13-24(26)22-11-5-2-6-12-22/h1-16,19H,17-18,20H2,(H,31,33)(H,32,34). The Balaban J connectivity index is 1.25. The number of hydrazine groups is 1. The van der Waals surface area contributed by atoms with Gasteiger partial charge in [-0.05, 0) is 51.3 Å². The normalized spacial score (nSPS) is 10.4. The third-order valence-corrected chi connectivity index (χ3v) is 5.95. The van der Waals surface area contributed by atoms with Crippen molar-refractivity contribution in [3.63, 3.8) is 0 Å². The Hall–Kier alpha value is -4.10. The Morgan fingerprint density at radius 1 is 0.722 bits per heavy atom. The predicted molar refractivity (Wildman–Crippen MR) is 143 cm³/mol. The molecule has 0 bridgehead atoms. The van der Waals surface area contributed by atoms with Crippen molar-refractivity contribution in [1.29, 1.82) is 0 Å². The zero-order chi connectivity index (χ0) is 25.2. The van der Waals surface area contributed by atoms with Crippen molar-refractivity contribution in [2.75, 3.05) is 13.2 Å². The molecule has 0 atom stereocenters. The van der Waals surface area contributed by atoms with Crippen LogP contribution >= 0.6 is 15.9 Å². The summed E-state index contributed by atoms with van der Waals surface area (Å²) in [5.74, 6) is 0.282. The average Bonchev–Trinajstić information content (AvgIpc) is 2.92. The van der Waals surface area contributed by atoms with Gasteiger partial charge in [0, 0.05) is 17.5 Å². The maximum absolute atomic E-state index is 12.5. The highest BCUT2D eigenvalue weighted by atomic mass is 79.9. The van der Waals surface area contributed by atoms with Crippen molar-refractivity contribution in [1.82, 2.24) is 10.9 Å². The van der Waals surface area contributed by atoms with Gasteiger partial charge in [0.25, 0.3) is 11.8 Å². The van der Waals surface area contributed by atoms with Gasteiger partial charge in [-0.2, -0.15) is 0 Å². The van der Waals surface area contributed by atoms with E-state index in [1.807, 2.05) is 78.9 Å². The maximum Gasteiger partial charge on any atom is 0.276 e. The van der Waals surface area contributed by atoms with Crippen LogP contribution in [0.3, 0.4) is 0 Å². The van der Waals surface area contributed by atoms with Crippen LogP contribution in [0.1, 0.15) is 15.9 Å². The average molecular weight is 545 g/mol. The van der Waals surface area contributed by atoms with Gasteiger partial charge in [0.2, 0.25) is 0 Å². The number of para-hydroxylation sites is 1. The number of nitrogens with one attached hydrogen (secondary N) is 2. The van der Waals surface area contributed by atoms with Crippen LogP contribution in [0.25, 0.3) is 11.1 Å². The third kappa shape index (κ3) is 6.96. The second-order valence-electron chi connectivity index (χ2n) is 7.88. The zero-order valence-electron chi connectivity index (χ0n) is 19.4. The van der Waals surface area contributed by atoms with Crippen molar-refractivity contribution < 1.29 is 19.1 Å². The van der Waals surface area contributed by atoms with E-state index in [9.17, 15) is 9.59 Å². The summed E-state index contributed by atoms with van der Waals surface area (Å²) in [6.45, 7) is 0.264. The molecule has 4 rings (SSSR count). The molecule has 0 aliphatic rings. The highest BCUT2D eigenvalue weighted by molar-refractivity contribution is 9.10. The lowest BCUT2D eigenvalue weighted by atomic mass is 10.1. The summed E-state index contributed by atoms with van der Waals surface area (Å²) in [6.07, 6.45) is 0.777. The topological polar surface area (TPSA) is 76.7 Å². The van der Waals surface area contributed by atoms with E-state index < -0.39 is 11.8 Å². The molecule has 0 saturated heterocycles. The van der Waals surface area contributed by atoms with Crippen LogP contribution in [-0.4, -0.2) is 25.0 Å². The number of hydrogen-bond acceptors (Lipinski definition) is 4. The number of carbonyl (C=O) groups is 2. The number of rotatable bonds is 9. The molecule has 2 N–H and O–H groups in total. The molecule has 0 aromatic heterocycles. The van der Waals surface area contributed by atoms with Gasteiger partial charge in [-0.15, -0.1) is 0 Å². The summed E-state index contributed by atoms with van der Waals surface area (Å²) in [4.78, 5) is 24.8. The van der Waals surface area contributed by atoms with Crippen LogP contribution in [0.4, 0.5) is 0 Å². The predicted octanol–water partition coefficient (Wildman–Crippen LogP) is 5.58. The second kappa shape index (κ2) is 12.6. The first-order valence-electron chi connectivity index (χ1n) is 11.4. The van der Waals surface area contributed by atoms with Crippen LogP contribution < -0.4 is 20.3 Å². The summed E-state index contributed by atoms with van der Waals surface area (Å²) < 4.78 is 12.2. The molecule has 0 saturated carbocycles. The lowest BCUT2D eigenvalue weighted by Crippen LogP contribution is -2.43. The van der Waals surface area contributed by atoms with E-state index in [2.05, 4.69) is 26.8 Å². The number of ether oxygens (including phenoxy) is 2. The van der Waals surface area contributed by atoms with E-state index in [-0.39, 0.29) is 6.61 Å². The molecule has 4 aromatic rings. The Bertz CT molecular complexity index is 1310. The van der Waals surface area contributed by atoms with Gasteiger partial charge in [-0.25, -0.2) is 0 Å². The molecule has 0 fully saturated rings. The van der Waals surface area contributed by atoms with E-state index in [1.165, 1.54) is 5.56 Å². The Labute approximate surface area is 218 Å². The fraction of sp³-hybridized carbons (Fsp3) is 0.103. The van der Waals surface area contributed by atoms with Crippen LogP contribution in [0, 0.1) is 0 Å².